The van der Waals surface area contributed by atoms with E-state index in [4.69, 9.17) is 4.74 Å². The van der Waals surface area contributed by atoms with Gasteiger partial charge >= 0.3 is 0 Å². The number of anilines is 1. The molecule has 3 nitrogen and oxygen atoms in total. The fraction of sp³-hybridized carbons (Fsp3) is 0.227. The summed E-state index contributed by atoms with van der Waals surface area (Å²) < 4.78 is 5.74. The minimum Gasteiger partial charge on any atom is -0.496 e. The minimum atomic E-state index is 0.740. The Morgan fingerprint density at radius 2 is 1.85 bits per heavy atom. The lowest BCUT2D eigenvalue weighted by atomic mass is 9.89. The van der Waals surface area contributed by atoms with E-state index in [2.05, 4.69) is 54.9 Å². The summed E-state index contributed by atoms with van der Waals surface area (Å²) in [5.74, 6) is 0.809. The molecule has 0 atom stereocenters. The van der Waals surface area contributed by atoms with Crippen LogP contribution in [0.4, 0.5) is 5.69 Å². The molecule has 0 fully saturated rings. The fourth-order valence-corrected chi connectivity index (χ4v) is 4.00. The first-order valence-corrected chi connectivity index (χ1v) is 9.54. The molecule has 1 amide bonds. The molecule has 0 unspecified atom stereocenters. The molecule has 1 aromatic heterocycles. The van der Waals surface area contributed by atoms with Crippen LogP contribution in [0, 0.1) is 13.8 Å². The van der Waals surface area contributed by atoms with Crippen molar-refractivity contribution in [1.29, 1.82) is 0 Å². The first-order valence-electron chi connectivity index (χ1n) is 8.66. The highest BCUT2D eigenvalue weighted by Gasteiger charge is 2.21. The molecule has 0 radical (unpaired) electrons. The lowest BCUT2D eigenvalue weighted by molar-refractivity contribution is -0.105. The number of amides is 1. The van der Waals surface area contributed by atoms with Crippen LogP contribution >= 0.6 is 11.3 Å². The van der Waals surface area contributed by atoms with Gasteiger partial charge in [-0.2, -0.15) is 0 Å². The number of thiophene rings is 1. The van der Waals surface area contributed by atoms with Gasteiger partial charge in [-0.05, 0) is 60.0 Å². The number of ether oxygens (including phenoxy) is 1. The van der Waals surface area contributed by atoms with Gasteiger partial charge in [0.05, 0.1) is 12.8 Å². The Balaban J connectivity index is 2.38. The first-order chi connectivity index (χ1) is 12.6. The summed E-state index contributed by atoms with van der Waals surface area (Å²) in [6.45, 7) is 6.24. The molecule has 2 aromatic carbocycles. The summed E-state index contributed by atoms with van der Waals surface area (Å²) in [5, 5.41) is 4.99. The Labute approximate surface area is 158 Å². The van der Waals surface area contributed by atoms with Crippen molar-refractivity contribution in [2.45, 2.75) is 27.2 Å². The normalized spacial score (nSPS) is 10.6. The maximum Gasteiger partial charge on any atom is 0.211 e. The topological polar surface area (TPSA) is 38.3 Å². The molecule has 0 saturated heterocycles. The van der Waals surface area contributed by atoms with Gasteiger partial charge in [-0.1, -0.05) is 31.2 Å². The number of aryl methyl sites for hydroxylation is 3. The highest BCUT2D eigenvalue weighted by atomic mass is 32.1. The molecule has 1 heterocycles. The molecule has 0 aliphatic rings. The maximum atomic E-state index is 11.3. The molecular formula is C22H23NO2S. The van der Waals surface area contributed by atoms with Crippen LogP contribution in [0.5, 0.6) is 5.75 Å². The molecule has 26 heavy (non-hydrogen) atoms. The summed E-state index contributed by atoms with van der Waals surface area (Å²) >= 11 is 1.70. The number of hydrogen-bond acceptors (Lipinski definition) is 3. The summed E-state index contributed by atoms with van der Waals surface area (Å²) in [6, 6.07) is 12.6. The number of carbonyl (C=O) groups excluding carboxylic acids is 1. The monoisotopic (exact) mass is 365 g/mol. The summed E-state index contributed by atoms with van der Waals surface area (Å²) in [4.78, 5) is 12.5. The molecule has 3 aromatic rings. The van der Waals surface area contributed by atoms with Crippen LogP contribution in [0.3, 0.4) is 0 Å². The Morgan fingerprint density at radius 3 is 2.38 bits per heavy atom. The molecule has 1 N–H and O–H groups in total. The van der Waals surface area contributed by atoms with E-state index in [1.807, 2.05) is 13.0 Å². The highest BCUT2D eigenvalue weighted by Crippen LogP contribution is 2.47. The quantitative estimate of drug-likeness (QED) is 0.557. The second-order valence-corrected chi connectivity index (χ2v) is 7.34. The molecule has 0 aliphatic heterocycles. The minimum absolute atomic E-state index is 0.740. The van der Waals surface area contributed by atoms with E-state index >= 15 is 0 Å². The second-order valence-electron chi connectivity index (χ2n) is 6.22. The smallest absolute Gasteiger partial charge is 0.211 e. The standard InChI is InChI=1S/C22H23NO2S/c1-5-16-6-8-17(9-7-16)20-19(25-4)12-14(2)22(23-13-24)21(20)18-10-11-26-15(18)3/h6-13H,5H2,1-4H3,(H,23,24). The predicted octanol–water partition coefficient (Wildman–Crippen LogP) is 5.84. The van der Waals surface area contributed by atoms with Crippen LogP contribution in [-0.2, 0) is 11.2 Å². The Bertz CT molecular complexity index is 926. The van der Waals surface area contributed by atoms with Gasteiger partial charge in [-0.3, -0.25) is 4.79 Å². The van der Waals surface area contributed by atoms with Crippen molar-refractivity contribution in [3.63, 3.8) is 0 Å². The zero-order chi connectivity index (χ0) is 18.7. The van der Waals surface area contributed by atoms with Crippen molar-refractivity contribution in [3.8, 4) is 28.0 Å². The van der Waals surface area contributed by atoms with Crippen molar-refractivity contribution in [1.82, 2.24) is 0 Å². The van der Waals surface area contributed by atoms with E-state index < -0.39 is 0 Å². The summed E-state index contributed by atoms with van der Waals surface area (Å²) in [6.07, 6.45) is 1.74. The highest BCUT2D eigenvalue weighted by molar-refractivity contribution is 7.10. The zero-order valence-electron chi connectivity index (χ0n) is 15.6. The summed E-state index contributed by atoms with van der Waals surface area (Å²) in [5.41, 5.74) is 7.31. The van der Waals surface area contributed by atoms with Crippen molar-refractivity contribution in [2.24, 2.45) is 0 Å². The van der Waals surface area contributed by atoms with Gasteiger partial charge in [0.1, 0.15) is 5.75 Å². The molecule has 0 spiro atoms. The number of methoxy groups -OCH3 is 1. The van der Waals surface area contributed by atoms with Gasteiger partial charge in [0, 0.05) is 16.0 Å². The number of hydrogen-bond donors (Lipinski definition) is 1. The van der Waals surface area contributed by atoms with Crippen LogP contribution in [0.15, 0.2) is 41.8 Å². The Morgan fingerprint density at radius 1 is 1.12 bits per heavy atom. The number of nitrogens with one attached hydrogen (secondary N) is 1. The lowest BCUT2D eigenvalue weighted by Crippen LogP contribution is -2.03. The fourth-order valence-electron chi connectivity index (χ4n) is 3.30. The third-order valence-corrected chi connectivity index (χ3v) is 5.54. The van der Waals surface area contributed by atoms with Gasteiger partial charge in [0.2, 0.25) is 6.41 Å². The third-order valence-electron chi connectivity index (χ3n) is 4.69. The number of benzene rings is 2. The van der Waals surface area contributed by atoms with Crippen molar-refractivity contribution < 1.29 is 9.53 Å². The van der Waals surface area contributed by atoms with Gasteiger partial charge in [0.25, 0.3) is 0 Å². The number of rotatable bonds is 6. The van der Waals surface area contributed by atoms with E-state index in [-0.39, 0.29) is 0 Å². The van der Waals surface area contributed by atoms with Gasteiger partial charge in [-0.15, -0.1) is 11.3 Å². The molecule has 134 valence electrons. The Hall–Kier alpha value is -2.59. The first kappa shape index (κ1) is 18.2. The van der Waals surface area contributed by atoms with E-state index in [1.165, 1.54) is 10.4 Å². The van der Waals surface area contributed by atoms with Gasteiger partial charge in [-0.25, -0.2) is 0 Å². The number of carbonyl (C=O) groups is 1. The molecule has 0 bridgehead atoms. The van der Waals surface area contributed by atoms with Crippen molar-refractivity contribution >= 4 is 23.4 Å². The van der Waals surface area contributed by atoms with Crippen LogP contribution < -0.4 is 10.1 Å². The molecule has 3 rings (SSSR count). The average Bonchev–Trinajstić information content (AvgIpc) is 3.08. The average molecular weight is 365 g/mol. The Kier molecular flexibility index (Phi) is 5.43. The molecule has 0 saturated carbocycles. The third kappa shape index (κ3) is 3.25. The second kappa shape index (κ2) is 7.75. The van der Waals surface area contributed by atoms with E-state index in [0.717, 1.165) is 52.1 Å². The maximum absolute atomic E-state index is 11.3. The predicted molar refractivity (Wildman–Crippen MR) is 110 cm³/mol. The van der Waals surface area contributed by atoms with Gasteiger partial charge in [0.15, 0.2) is 0 Å². The van der Waals surface area contributed by atoms with Gasteiger partial charge < -0.3 is 10.1 Å². The van der Waals surface area contributed by atoms with Crippen LogP contribution in [-0.4, -0.2) is 13.5 Å². The van der Waals surface area contributed by atoms with E-state index in [9.17, 15) is 4.79 Å². The van der Waals surface area contributed by atoms with E-state index in [0.29, 0.717) is 0 Å². The van der Waals surface area contributed by atoms with Crippen molar-refractivity contribution in [3.05, 3.63) is 57.8 Å². The van der Waals surface area contributed by atoms with E-state index in [1.54, 1.807) is 18.4 Å². The molecule has 4 heteroatoms. The lowest BCUT2D eigenvalue weighted by Gasteiger charge is -2.20. The largest absolute Gasteiger partial charge is 0.496 e. The zero-order valence-corrected chi connectivity index (χ0v) is 16.4. The molecular weight excluding hydrogens is 342 g/mol. The van der Waals surface area contributed by atoms with Crippen LogP contribution in [0.2, 0.25) is 0 Å². The summed E-state index contributed by atoms with van der Waals surface area (Å²) in [7, 11) is 1.69. The SMILES string of the molecule is CCc1ccc(-c2c(OC)cc(C)c(NC=O)c2-c2ccsc2C)cc1. The van der Waals surface area contributed by atoms with Crippen molar-refractivity contribution in [2.75, 3.05) is 12.4 Å². The van der Waals surface area contributed by atoms with Crippen LogP contribution in [0.25, 0.3) is 22.3 Å². The van der Waals surface area contributed by atoms with Crippen LogP contribution in [0.1, 0.15) is 22.9 Å². The molecule has 0 aliphatic carbocycles.